The summed E-state index contributed by atoms with van der Waals surface area (Å²) in [5, 5.41) is 8.93. The quantitative estimate of drug-likeness (QED) is 0.103. The van der Waals surface area contributed by atoms with Crippen LogP contribution >= 0.6 is 0 Å². The molecule has 0 heterocycles. The number of hydrogen-bond acceptors (Lipinski definition) is 6. The van der Waals surface area contributed by atoms with Crippen molar-refractivity contribution in [2.24, 2.45) is 0 Å². The van der Waals surface area contributed by atoms with Crippen LogP contribution < -0.4 is 18.9 Å². The average molecular weight is 522 g/mol. The average Bonchev–Trinajstić information content (AvgIpc) is 2.98. The third kappa shape index (κ3) is 8.37. The van der Waals surface area contributed by atoms with Gasteiger partial charge >= 0.3 is 5.97 Å². The Hall–Kier alpha value is -4.76. The second-order valence-electron chi connectivity index (χ2n) is 8.79. The van der Waals surface area contributed by atoms with E-state index in [4.69, 9.17) is 24.2 Å². The zero-order valence-electron chi connectivity index (χ0n) is 22.0. The predicted molar refractivity (Wildman–Crippen MR) is 150 cm³/mol. The molecule has 39 heavy (non-hydrogen) atoms. The molecule has 4 rings (SSSR count). The molecule has 0 aliphatic rings. The molecule has 0 atom stereocenters. The summed E-state index contributed by atoms with van der Waals surface area (Å²) in [6.45, 7) is 3.73. The fourth-order valence-electron chi connectivity index (χ4n) is 3.87. The molecule has 0 fully saturated rings. The Balaban J connectivity index is 1.10. The number of ether oxygens (including phenoxy) is 4. The van der Waals surface area contributed by atoms with Crippen LogP contribution in [0.5, 0.6) is 23.0 Å². The Morgan fingerprint density at radius 2 is 1.08 bits per heavy atom. The van der Waals surface area contributed by atoms with Gasteiger partial charge in [0.05, 0.1) is 37.0 Å². The molecule has 0 amide bonds. The SMILES string of the molecule is CCOc1ccc(OC(=O)c2ccc(OCCCCCOc3ccc(-c4ccc(C#N)cc4)cc3)cc2)cc1. The van der Waals surface area contributed by atoms with Crippen LogP contribution in [0.4, 0.5) is 0 Å². The van der Waals surface area contributed by atoms with E-state index in [1.807, 2.05) is 55.5 Å². The van der Waals surface area contributed by atoms with E-state index in [0.717, 1.165) is 41.9 Å². The topological polar surface area (TPSA) is 77.8 Å². The smallest absolute Gasteiger partial charge is 0.343 e. The molecule has 0 spiro atoms. The van der Waals surface area contributed by atoms with Gasteiger partial charge in [-0.2, -0.15) is 5.26 Å². The molecule has 0 bridgehead atoms. The molecule has 0 unspecified atom stereocenters. The first-order valence-corrected chi connectivity index (χ1v) is 13.1. The molecule has 0 saturated heterocycles. The number of nitrogens with zero attached hydrogens (tertiary/aromatic N) is 1. The minimum atomic E-state index is -0.422. The lowest BCUT2D eigenvalue weighted by Crippen LogP contribution is -2.08. The number of carbonyl (C=O) groups excluding carboxylic acids is 1. The highest BCUT2D eigenvalue weighted by Crippen LogP contribution is 2.23. The predicted octanol–water partition coefficient (Wildman–Crippen LogP) is 7.47. The zero-order chi connectivity index (χ0) is 27.3. The number of unbranched alkanes of at least 4 members (excludes halogenated alkanes) is 2. The van der Waals surface area contributed by atoms with E-state index in [1.54, 1.807) is 48.5 Å². The van der Waals surface area contributed by atoms with Gasteiger partial charge in [0.2, 0.25) is 0 Å². The van der Waals surface area contributed by atoms with Gasteiger partial charge in [-0.1, -0.05) is 24.3 Å². The first-order chi connectivity index (χ1) is 19.1. The van der Waals surface area contributed by atoms with E-state index in [-0.39, 0.29) is 0 Å². The lowest BCUT2D eigenvalue weighted by Gasteiger charge is -2.09. The van der Waals surface area contributed by atoms with E-state index in [2.05, 4.69) is 6.07 Å². The molecule has 4 aromatic carbocycles. The van der Waals surface area contributed by atoms with E-state index in [9.17, 15) is 4.79 Å². The standard InChI is InChI=1S/C33H31NO5/c1-2-36-29-18-20-32(21-19-29)39-33(35)28-12-16-31(17-13-28)38-23-5-3-4-22-37-30-14-10-27(11-15-30)26-8-6-25(24-34)7-9-26/h6-21H,2-5,22-23H2,1H3. The Morgan fingerprint density at radius 3 is 1.62 bits per heavy atom. The summed E-state index contributed by atoms with van der Waals surface area (Å²) in [7, 11) is 0. The van der Waals surface area contributed by atoms with Gasteiger partial charge in [-0.3, -0.25) is 0 Å². The van der Waals surface area contributed by atoms with Crippen molar-refractivity contribution in [1.29, 1.82) is 5.26 Å². The normalized spacial score (nSPS) is 10.4. The van der Waals surface area contributed by atoms with Crippen molar-refractivity contribution >= 4 is 5.97 Å². The number of hydrogen-bond donors (Lipinski definition) is 0. The van der Waals surface area contributed by atoms with Gasteiger partial charge in [-0.15, -0.1) is 0 Å². The fraction of sp³-hybridized carbons (Fsp3) is 0.212. The van der Waals surface area contributed by atoms with Crippen LogP contribution in [0.2, 0.25) is 0 Å². The number of rotatable bonds is 13. The summed E-state index contributed by atoms with van der Waals surface area (Å²) in [5.74, 6) is 2.33. The van der Waals surface area contributed by atoms with Gasteiger partial charge in [-0.05, 0) is 110 Å². The number of esters is 1. The maximum absolute atomic E-state index is 12.4. The van der Waals surface area contributed by atoms with Crippen molar-refractivity contribution in [2.45, 2.75) is 26.2 Å². The van der Waals surface area contributed by atoms with Crippen LogP contribution in [-0.4, -0.2) is 25.8 Å². The molecule has 6 nitrogen and oxygen atoms in total. The largest absolute Gasteiger partial charge is 0.494 e. The van der Waals surface area contributed by atoms with Crippen molar-refractivity contribution < 1.29 is 23.7 Å². The van der Waals surface area contributed by atoms with Crippen LogP contribution in [-0.2, 0) is 0 Å². The summed E-state index contributed by atoms with van der Waals surface area (Å²) in [5.41, 5.74) is 3.26. The van der Waals surface area contributed by atoms with E-state index < -0.39 is 5.97 Å². The molecular formula is C33H31NO5. The molecule has 0 saturated carbocycles. The van der Waals surface area contributed by atoms with Crippen LogP contribution in [0.3, 0.4) is 0 Å². The highest BCUT2D eigenvalue weighted by molar-refractivity contribution is 5.91. The molecule has 0 aliphatic heterocycles. The summed E-state index contributed by atoms with van der Waals surface area (Å²) in [6.07, 6.45) is 2.81. The molecule has 0 aromatic heterocycles. The van der Waals surface area contributed by atoms with Gasteiger partial charge < -0.3 is 18.9 Å². The van der Waals surface area contributed by atoms with Crippen LogP contribution in [0.15, 0.2) is 97.1 Å². The van der Waals surface area contributed by atoms with Gasteiger partial charge in [0.15, 0.2) is 0 Å². The highest BCUT2D eigenvalue weighted by atomic mass is 16.5. The van der Waals surface area contributed by atoms with Crippen molar-refractivity contribution in [1.82, 2.24) is 0 Å². The summed E-state index contributed by atoms with van der Waals surface area (Å²) in [4.78, 5) is 12.4. The summed E-state index contributed by atoms with van der Waals surface area (Å²) < 4.78 is 22.5. The van der Waals surface area contributed by atoms with Gasteiger partial charge in [-0.25, -0.2) is 4.79 Å². The molecule has 4 aromatic rings. The lowest BCUT2D eigenvalue weighted by atomic mass is 10.0. The van der Waals surface area contributed by atoms with Crippen LogP contribution in [0, 0.1) is 11.3 Å². The second-order valence-corrected chi connectivity index (χ2v) is 8.79. The summed E-state index contributed by atoms with van der Waals surface area (Å²) >= 11 is 0. The molecular weight excluding hydrogens is 490 g/mol. The Labute approximate surface area is 229 Å². The van der Waals surface area contributed by atoms with Crippen molar-refractivity contribution in [2.75, 3.05) is 19.8 Å². The molecule has 6 heteroatoms. The lowest BCUT2D eigenvalue weighted by molar-refractivity contribution is 0.0734. The van der Waals surface area contributed by atoms with Crippen LogP contribution in [0.25, 0.3) is 11.1 Å². The Kier molecular flexibility index (Phi) is 9.97. The highest BCUT2D eigenvalue weighted by Gasteiger charge is 2.09. The first-order valence-electron chi connectivity index (χ1n) is 13.1. The fourth-order valence-corrected chi connectivity index (χ4v) is 3.87. The maximum Gasteiger partial charge on any atom is 0.343 e. The van der Waals surface area contributed by atoms with Crippen molar-refractivity contribution in [3.05, 3.63) is 108 Å². The Morgan fingerprint density at radius 1 is 0.615 bits per heavy atom. The number of benzene rings is 4. The summed E-state index contributed by atoms with van der Waals surface area (Å²) in [6, 6.07) is 31.6. The van der Waals surface area contributed by atoms with Crippen LogP contribution in [0.1, 0.15) is 42.1 Å². The van der Waals surface area contributed by atoms with Gasteiger partial charge in [0.25, 0.3) is 0 Å². The molecule has 0 N–H and O–H groups in total. The molecule has 0 radical (unpaired) electrons. The first kappa shape index (κ1) is 27.3. The Bertz CT molecular complexity index is 1360. The third-order valence-electron chi connectivity index (χ3n) is 5.96. The van der Waals surface area contributed by atoms with E-state index in [0.29, 0.717) is 42.4 Å². The minimum Gasteiger partial charge on any atom is -0.494 e. The number of carbonyl (C=O) groups is 1. The molecule has 0 aliphatic carbocycles. The zero-order valence-corrected chi connectivity index (χ0v) is 22.0. The van der Waals surface area contributed by atoms with E-state index >= 15 is 0 Å². The monoisotopic (exact) mass is 521 g/mol. The minimum absolute atomic E-state index is 0.422. The molecule has 198 valence electrons. The maximum atomic E-state index is 12.4. The van der Waals surface area contributed by atoms with E-state index in [1.165, 1.54) is 0 Å². The number of nitriles is 1. The van der Waals surface area contributed by atoms with Crippen molar-refractivity contribution in [3.8, 4) is 40.2 Å². The third-order valence-corrected chi connectivity index (χ3v) is 5.96. The van der Waals surface area contributed by atoms with Crippen molar-refractivity contribution in [3.63, 3.8) is 0 Å². The van der Waals surface area contributed by atoms with Gasteiger partial charge in [0.1, 0.15) is 23.0 Å². The second kappa shape index (κ2) is 14.3. The van der Waals surface area contributed by atoms with Gasteiger partial charge in [0, 0.05) is 0 Å².